The van der Waals surface area contributed by atoms with Crippen LogP contribution in [0.2, 0.25) is 0 Å². The van der Waals surface area contributed by atoms with Crippen molar-refractivity contribution in [2.45, 2.75) is 78.8 Å². The van der Waals surface area contributed by atoms with Gasteiger partial charge in [0, 0.05) is 24.6 Å². The Morgan fingerprint density at radius 3 is 2.79 bits per heavy atom. The zero-order chi connectivity index (χ0) is 20.1. The first kappa shape index (κ1) is 20.3. The largest absolute Gasteiger partial charge is 0.309 e. The fourth-order valence-corrected chi connectivity index (χ4v) is 4.06. The lowest BCUT2D eigenvalue weighted by molar-refractivity contribution is 0.442. The average molecular weight is 380 g/mol. The van der Waals surface area contributed by atoms with Gasteiger partial charge in [0.15, 0.2) is 5.82 Å². The average Bonchev–Trinajstić information content (AvgIpc) is 3.27. The molecule has 2 aromatic heterocycles. The molecule has 0 bridgehead atoms. The molecule has 0 radical (unpaired) electrons. The molecule has 1 aliphatic rings. The lowest BCUT2D eigenvalue weighted by Gasteiger charge is -2.20. The maximum atomic E-state index is 4.99. The van der Waals surface area contributed by atoms with Crippen LogP contribution >= 0.6 is 0 Å². The van der Waals surface area contributed by atoms with Crippen LogP contribution in [0.4, 0.5) is 0 Å². The molecule has 0 aromatic carbocycles. The van der Waals surface area contributed by atoms with E-state index in [9.17, 15) is 0 Å². The smallest absolute Gasteiger partial charge is 0.182 e. The standard InChI is InChI=1S/C23H33N5/c1-6-10-13-17(5)28-22-19(20(9-4)26-28)14-15-27-21(24-25-23(22)27)16-18(11-7-2)12-8-3/h7-8,11-12,17H,2,6,9-10,13-16H2,1,3-5H3/b12-8-,18-11+. The summed E-state index contributed by atoms with van der Waals surface area (Å²) in [4.78, 5) is 0. The van der Waals surface area contributed by atoms with Crippen LogP contribution in [0.25, 0.3) is 11.5 Å². The van der Waals surface area contributed by atoms with Crippen LogP contribution in [0.15, 0.2) is 36.5 Å². The van der Waals surface area contributed by atoms with Gasteiger partial charge >= 0.3 is 0 Å². The second kappa shape index (κ2) is 9.18. The van der Waals surface area contributed by atoms with Crippen LogP contribution in [-0.2, 0) is 25.8 Å². The van der Waals surface area contributed by atoms with Crippen LogP contribution in [0.5, 0.6) is 0 Å². The maximum absolute atomic E-state index is 4.99. The topological polar surface area (TPSA) is 48.5 Å². The minimum Gasteiger partial charge on any atom is -0.309 e. The number of aryl methyl sites for hydroxylation is 1. The summed E-state index contributed by atoms with van der Waals surface area (Å²) in [6.07, 6.45) is 14.3. The number of allylic oxidation sites excluding steroid dienone is 5. The van der Waals surface area contributed by atoms with Gasteiger partial charge in [-0.25, -0.2) is 0 Å². The molecule has 0 N–H and O–H groups in total. The third kappa shape index (κ3) is 3.89. The van der Waals surface area contributed by atoms with Crippen molar-refractivity contribution in [1.82, 2.24) is 24.5 Å². The molecular weight excluding hydrogens is 346 g/mol. The minimum atomic E-state index is 0.375. The van der Waals surface area contributed by atoms with Crippen molar-refractivity contribution in [2.24, 2.45) is 0 Å². The number of hydrogen-bond donors (Lipinski definition) is 0. The Morgan fingerprint density at radius 1 is 1.29 bits per heavy atom. The highest BCUT2D eigenvalue weighted by Crippen LogP contribution is 2.34. The molecule has 150 valence electrons. The van der Waals surface area contributed by atoms with Crippen molar-refractivity contribution < 1.29 is 0 Å². The number of fused-ring (bicyclic) bond motifs is 3. The van der Waals surface area contributed by atoms with Gasteiger partial charge < -0.3 is 4.57 Å². The lowest BCUT2D eigenvalue weighted by Crippen LogP contribution is -2.17. The monoisotopic (exact) mass is 379 g/mol. The van der Waals surface area contributed by atoms with Crippen LogP contribution in [0.3, 0.4) is 0 Å². The third-order valence-electron chi connectivity index (χ3n) is 5.52. The summed E-state index contributed by atoms with van der Waals surface area (Å²) < 4.78 is 4.51. The van der Waals surface area contributed by atoms with Gasteiger partial charge in [0.1, 0.15) is 11.5 Å². The molecule has 1 atom stereocenters. The summed E-state index contributed by atoms with van der Waals surface area (Å²) in [6, 6.07) is 0.375. The summed E-state index contributed by atoms with van der Waals surface area (Å²) in [7, 11) is 0. The molecule has 0 saturated heterocycles. The quantitative estimate of drug-likeness (QED) is 0.560. The molecule has 5 heteroatoms. The Kier molecular flexibility index (Phi) is 6.65. The zero-order valence-electron chi connectivity index (χ0n) is 17.8. The molecule has 0 saturated carbocycles. The van der Waals surface area contributed by atoms with Crippen molar-refractivity contribution >= 4 is 0 Å². The molecule has 0 amide bonds. The lowest BCUT2D eigenvalue weighted by atomic mass is 10.0. The van der Waals surface area contributed by atoms with E-state index in [1.165, 1.54) is 35.4 Å². The first-order valence-electron chi connectivity index (χ1n) is 10.6. The number of aromatic nitrogens is 5. The van der Waals surface area contributed by atoms with Gasteiger partial charge in [-0.1, -0.05) is 57.6 Å². The molecule has 1 unspecified atom stereocenters. The van der Waals surface area contributed by atoms with E-state index in [-0.39, 0.29) is 0 Å². The number of hydrogen-bond acceptors (Lipinski definition) is 3. The van der Waals surface area contributed by atoms with Gasteiger partial charge in [-0.3, -0.25) is 4.68 Å². The van der Waals surface area contributed by atoms with E-state index in [1.54, 1.807) is 0 Å². The normalized spacial score (nSPS) is 14.9. The van der Waals surface area contributed by atoms with E-state index in [4.69, 9.17) is 5.10 Å². The molecule has 3 rings (SSSR count). The van der Waals surface area contributed by atoms with Crippen LogP contribution in [-0.4, -0.2) is 24.5 Å². The second-order valence-corrected chi connectivity index (χ2v) is 7.56. The van der Waals surface area contributed by atoms with E-state index < -0.39 is 0 Å². The molecule has 28 heavy (non-hydrogen) atoms. The van der Waals surface area contributed by atoms with E-state index in [0.29, 0.717) is 6.04 Å². The molecular formula is C23H33N5. The van der Waals surface area contributed by atoms with Crippen LogP contribution in [0, 0.1) is 0 Å². The van der Waals surface area contributed by atoms with Crippen molar-refractivity contribution in [3.8, 4) is 11.5 Å². The van der Waals surface area contributed by atoms with E-state index >= 15 is 0 Å². The van der Waals surface area contributed by atoms with E-state index in [1.807, 2.05) is 19.1 Å². The molecule has 0 fully saturated rings. The Bertz CT molecular complexity index is 881. The maximum Gasteiger partial charge on any atom is 0.182 e. The van der Waals surface area contributed by atoms with Gasteiger partial charge in [0.2, 0.25) is 0 Å². The first-order valence-corrected chi connectivity index (χ1v) is 10.6. The van der Waals surface area contributed by atoms with E-state index in [0.717, 1.165) is 43.9 Å². The summed E-state index contributed by atoms with van der Waals surface area (Å²) in [5, 5.41) is 14.2. The molecule has 1 aliphatic heterocycles. The van der Waals surface area contributed by atoms with Crippen LogP contribution < -0.4 is 0 Å². The first-order chi connectivity index (χ1) is 13.6. The Morgan fingerprint density at radius 2 is 2.11 bits per heavy atom. The predicted octanol–water partition coefficient (Wildman–Crippen LogP) is 5.24. The minimum absolute atomic E-state index is 0.375. The summed E-state index contributed by atoms with van der Waals surface area (Å²) in [5.74, 6) is 1.99. The van der Waals surface area contributed by atoms with Gasteiger partial charge in [-0.2, -0.15) is 5.10 Å². The summed E-state index contributed by atoms with van der Waals surface area (Å²) in [6.45, 7) is 13.5. The van der Waals surface area contributed by atoms with E-state index in [2.05, 4.69) is 58.9 Å². The number of unbranched alkanes of at least 4 members (excludes halogenated alkanes) is 1. The van der Waals surface area contributed by atoms with Crippen molar-refractivity contribution in [2.75, 3.05) is 0 Å². The molecule has 0 spiro atoms. The van der Waals surface area contributed by atoms with Gasteiger partial charge in [-0.05, 0) is 38.7 Å². The fraction of sp³-hybridized carbons (Fsp3) is 0.522. The third-order valence-corrected chi connectivity index (χ3v) is 5.52. The Labute approximate surface area is 168 Å². The molecule has 3 heterocycles. The fourth-order valence-electron chi connectivity index (χ4n) is 4.06. The second-order valence-electron chi connectivity index (χ2n) is 7.56. The highest BCUT2D eigenvalue weighted by molar-refractivity contribution is 5.60. The number of nitrogens with zero attached hydrogens (tertiary/aromatic N) is 5. The zero-order valence-corrected chi connectivity index (χ0v) is 17.8. The van der Waals surface area contributed by atoms with Crippen molar-refractivity contribution in [1.29, 1.82) is 0 Å². The number of rotatable bonds is 9. The molecule has 5 nitrogen and oxygen atoms in total. The molecule has 2 aromatic rings. The highest BCUT2D eigenvalue weighted by Gasteiger charge is 2.29. The Balaban J connectivity index is 2.01. The predicted molar refractivity (Wildman–Crippen MR) is 115 cm³/mol. The van der Waals surface area contributed by atoms with Gasteiger partial charge in [0.05, 0.1) is 5.69 Å². The van der Waals surface area contributed by atoms with Gasteiger partial charge in [-0.15, -0.1) is 10.2 Å². The van der Waals surface area contributed by atoms with Crippen LogP contribution in [0.1, 0.15) is 70.1 Å². The van der Waals surface area contributed by atoms with Gasteiger partial charge in [0.25, 0.3) is 0 Å². The van der Waals surface area contributed by atoms with Crippen molar-refractivity contribution in [3.05, 3.63) is 53.5 Å². The Hall–Kier alpha value is -2.43. The molecule has 0 aliphatic carbocycles. The van der Waals surface area contributed by atoms with Crippen molar-refractivity contribution in [3.63, 3.8) is 0 Å². The SMILES string of the molecule is C=C/C=C(\C=C/C)Cc1nnc2n1CCc1c(CC)nn(C(C)CCCC)c1-2. The summed E-state index contributed by atoms with van der Waals surface area (Å²) >= 11 is 0. The highest BCUT2D eigenvalue weighted by atomic mass is 15.4. The summed E-state index contributed by atoms with van der Waals surface area (Å²) in [5.41, 5.74) is 4.96.